The van der Waals surface area contributed by atoms with Crippen molar-refractivity contribution in [3.8, 4) is 0 Å². The summed E-state index contributed by atoms with van der Waals surface area (Å²) in [7, 11) is 0. The molecule has 0 saturated carbocycles. The molecule has 0 aliphatic rings. The highest BCUT2D eigenvalue weighted by molar-refractivity contribution is 5.87. The Morgan fingerprint density at radius 3 is 2.39 bits per heavy atom. The van der Waals surface area contributed by atoms with Gasteiger partial charge in [-0.3, -0.25) is 9.59 Å². The van der Waals surface area contributed by atoms with E-state index in [1.54, 1.807) is 30.9 Å². The van der Waals surface area contributed by atoms with Crippen molar-refractivity contribution in [2.24, 2.45) is 0 Å². The van der Waals surface area contributed by atoms with Crippen molar-refractivity contribution in [1.29, 1.82) is 0 Å². The van der Waals surface area contributed by atoms with E-state index in [1.165, 1.54) is 12.1 Å². The van der Waals surface area contributed by atoms with E-state index in [2.05, 4.69) is 12.2 Å². The molecule has 0 aromatic heterocycles. The minimum Gasteiger partial charge on any atom is -0.354 e. The zero-order chi connectivity index (χ0) is 17.2. The topological polar surface area (TPSA) is 49.4 Å². The zero-order valence-electron chi connectivity index (χ0n) is 14.3. The second-order valence-electron chi connectivity index (χ2n) is 5.68. The van der Waals surface area contributed by atoms with Gasteiger partial charge >= 0.3 is 0 Å². The molecular formula is C18H27FN2O2. The van der Waals surface area contributed by atoms with Gasteiger partial charge < -0.3 is 10.2 Å². The van der Waals surface area contributed by atoms with Crippen LogP contribution in [0.4, 0.5) is 4.39 Å². The Bertz CT molecular complexity index is 502. The molecule has 1 rings (SSSR count). The molecule has 1 aromatic carbocycles. The standard InChI is InChI=1S/C18H27FN2O2/c1-4-6-7-12-20-18(23)14(3)21(17(22)5-2)13-15-8-10-16(19)11-9-15/h8-11,14H,4-7,12-13H2,1-3H3,(H,20,23)/t14-/m1/s1. The zero-order valence-corrected chi connectivity index (χ0v) is 14.3. The number of rotatable bonds is 9. The number of benzene rings is 1. The van der Waals surface area contributed by atoms with Crippen LogP contribution >= 0.6 is 0 Å². The van der Waals surface area contributed by atoms with Gasteiger partial charge in [-0.15, -0.1) is 0 Å². The van der Waals surface area contributed by atoms with Gasteiger partial charge in [0, 0.05) is 19.5 Å². The molecule has 0 spiro atoms. The molecule has 0 fully saturated rings. The van der Waals surface area contributed by atoms with Gasteiger partial charge in [0.25, 0.3) is 0 Å². The maximum absolute atomic E-state index is 13.0. The van der Waals surface area contributed by atoms with E-state index in [9.17, 15) is 14.0 Å². The van der Waals surface area contributed by atoms with Crippen molar-refractivity contribution in [1.82, 2.24) is 10.2 Å². The molecule has 0 aliphatic heterocycles. The Labute approximate surface area is 138 Å². The molecule has 23 heavy (non-hydrogen) atoms. The van der Waals surface area contributed by atoms with Gasteiger partial charge in [-0.2, -0.15) is 0 Å². The van der Waals surface area contributed by atoms with Gasteiger partial charge in [-0.05, 0) is 31.0 Å². The molecule has 1 N–H and O–H groups in total. The van der Waals surface area contributed by atoms with Crippen LogP contribution < -0.4 is 5.32 Å². The van der Waals surface area contributed by atoms with Crippen LogP contribution in [-0.2, 0) is 16.1 Å². The molecule has 1 aromatic rings. The van der Waals surface area contributed by atoms with Crippen molar-refractivity contribution in [2.75, 3.05) is 6.54 Å². The Morgan fingerprint density at radius 1 is 1.17 bits per heavy atom. The van der Waals surface area contributed by atoms with Gasteiger partial charge in [-0.1, -0.05) is 38.8 Å². The second-order valence-corrected chi connectivity index (χ2v) is 5.68. The molecule has 0 saturated heterocycles. The Balaban J connectivity index is 2.70. The molecule has 0 bridgehead atoms. The van der Waals surface area contributed by atoms with Gasteiger partial charge in [0.2, 0.25) is 11.8 Å². The molecule has 0 aliphatic carbocycles. The molecular weight excluding hydrogens is 295 g/mol. The number of unbranched alkanes of at least 4 members (excludes halogenated alkanes) is 2. The van der Waals surface area contributed by atoms with Gasteiger partial charge in [-0.25, -0.2) is 4.39 Å². The third kappa shape index (κ3) is 6.38. The summed E-state index contributed by atoms with van der Waals surface area (Å²) >= 11 is 0. The summed E-state index contributed by atoms with van der Waals surface area (Å²) in [5.41, 5.74) is 0.804. The average Bonchev–Trinajstić information content (AvgIpc) is 2.56. The summed E-state index contributed by atoms with van der Waals surface area (Å²) in [6.07, 6.45) is 3.43. The fourth-order valence-corrected chi connectivity index (χ4v) is 2.31. The second kappa shape index (κ2) is 9.98. The smallest absolute Gasteiger partial charge is 0.242 e. The molecule has 4 nitrogen and oxygen atoms in total. The first-order chi connectivity index (χ1) is 11.0. The highest BCUT2D eigenvalue weighted by Gasteiger charge is 2.24. The summed E-state index contributed by atoms with van der Waals surface area (Å²) in [4.78, 5) is 26.0. The Morgan fingerprint density at radius 2 is 1.83 bits per heavy atom. The molecule has 2 amide bonds. The minimum absolute atomic E-state index is 0.0921. The molecule has 1 atom stereocenters. The number of nitrogens with zero attached hydrogens (tertiary/aromatic N) is 1. The average molecular weight is 322 g/mol. The summed E-state index contributed by atoms with van der Waals surface area (Å²) in [5, 5.41) is 2.88. The quantitative estimate of drug-likeness (QED) is 0.710. The van der Waals surface area contributed by atoms with E-state index in [0.717, 1.165) is 24.8 Å². The summed E-state index contributed by atoms with van der Waals surface area (Å²) in [5.74, 6) is -0.556. The number of amides is 2. The number of hydrogen-bond acceptors (Lipinski definition) is 2. The van der Waals surface area contributed by atoms with Gasteiger partial charge in [0.05, 0.1) is 0 Å². The molecule has 0 unspecified atom stereocenters. The van der Waals surface area contributed by atoms with Crippen LogP contribution in [0.1, 0.15) is 52.0 Å². The van der Waals surface area contributed by atoms with Crippen LogP contribution in [0, 0.1) is 5.82 Å². The Kier molecular flexibility index (Phi) is 8.30. The largest absolute Gasteiger partial charge is 0.354 e. The van der Waals surface area contributed by atoms with E-state index >= 15 is 0 Å². The van der Waals surface area contributed by atoms with Crippen molar-refractivity contribution in [2.45, 2.75) is 59.0 Å². The highest BCUT2D eigenvalue weighted by Crippen LogP contribution is 2.11. The third-order valence-corrected chi connectivity index (χ3v) is 3.82. The summed E-state index contributed by atoms with van der Waals surface area (Å²) in [6.45, 7) is 6.53. The number of carbonyl (C=O) groups is 2. The van der Waals surface area contributed by atoms with Crippen LogP contribution in [0.5, 0.6) is 0 Å². The minimum atomic E-state index is -0.547. The SMILES string of the molecule is CCCCCNC(=O)[C@@H](C)N(Cc1ccc(F)cc1)C(=O)CC. The van der Waals surface area contributed by atoms with E-state index in [4.69, 9.17) is 0 Å². The monoisotopic (exact) mass is 322 g/mol. The molecule has 0 radical (unpaired) electrons. The predicted octanol–water partition coefficient (Wildman–Crippen LogP) is 3.26. The summed E-state index contributed by atoms with van der Waals surface area (Å²) < 4.78 is 13.0. The lowest BCUT2D eigenvalue weighted by Crippen LogP contribution is -2.47. The number of hydrogen-bond donors (Lipinski definition) is 1. The summed E-state index contributed by atoms with van der Waals surface area (Å²) in [6, 6.07) is 5.45. The van der Waals surface area contributed by atoms with Crippen molar-refractivity contribution in [3.05, 3.63) is 35.6 Å². The molecule has 128 valence electrons. The predicted molar refractivity (Wildman–Crippen MR) is 89.2 cm³/mol. The maximum atomic E-state index is 13.0. The van der Waals surface area contributed by atoms with E-state index in [-0.39, 0.29) is 17.6 Å². The van der Waals surface area contributed by atoms with E-state index in [0.29, 0.717) is 19.5 Å². The van der Waals surface area contributed by atoms with Crippen LogP contribution in [-0.4, -0.2) is 29.3 Å². The van der Waals surface area contributed by atoms with Crippen molar-refractivity contribution >= 4 is 11.8 Å². The van der Waals surface area contributed by atoms with E-state index in [1.807, 2.05) is 0 Å². The Hall–Kier alpha value is -1.91. The van der Waals surface area contributed by atoms with Gasteiger partial charge in [0.15, 0.2) is 0 Å². The maximum Gasteiger partial charge on any atom is 0.242 e. The van der Waals surface area contributed by atoms with Crippen LogP contribution in [0.3, 0.4) is 0 Å². The number of nitrogens with one attached hydrogen (secondary N) is 1. The van der Waals surface area contributed by atoms with E-state index < -0.39 is 6.04 Å². The number of carbonyl (C=O) groups excluding carboxylic acids is 2. The van der Waals surface area contributed by atoms with Crippen molar-refractivity contribution < 1.29 is 14.0 Å². The first-order valence-corrected chi connectivity index (χ1v) is 8.31. The van der Waals surface area contributed by atoms with Gasteiger partial charge in [0.1, 0.15) is 11.9 Å². The van der Waals surface area contributed by atoms with Crippen molar-refractivity contribution in [3.63, 3.8) is 0 Å². The van der Waals surface area contributed by atoms with Crippen LogP contribution in [0.15, 0.2) is 24.3 Å². The van der Waals surface area contributed by atoms with Crippen LogP contribution in [0.25, 0.3) is 0 Å². The normalized spacial score (nSPS) is 11.8. The van der Waals surface area contributed by atoms with Crippen LogP contribution in [0.2, 0.25) is 0 Å². The molecule has 0 heterocycles. The lowest BCUT2D eigenvalue weighted by molar-refractivity contribution is -0.140. The lowest BCUT2D eigenvalue weighted by Gasteiger charge is -2.28. The fraction of sp³-hybridized carbons (Fsp3) is 0.556. The fourth-order valence-electron chi connectivity index (χ4n) is 2.31. The molecule has 5 heteroatoms. The first-order valence-electron chi connectivity index (χ1n) is 8.31. The third-order valence-electron chi connectivity index (χ3n) is 3.82. The highest BCUT2D eigenvalue weighted by atomic mass is 19.1. The first kappa shape index (κ1) is 19.1. The lowest BCUT2D eigenvalue weighted by atomic mass is 10.1. The number of halogens is 1.